The Hall–Kier alpha value is -0.180. The van der Waals surface area contributed by atoms with Crippen molar-refractivity contribution in [1.82, 2.24) is 4.90 Å². The molecule has 14 heavy (non-hydrogen) atoms. The minimum atomic E-state index is -0.238. The molecule has 0 aromatic heterocycles. The van der Waals surface area contributed by atoms with Crippen molar-refractivity contribution >= 4 is 17.7 Å². The Morgan fingerprint density at radius 2 is 1.93 bits per heavy atom. The summed E-state index contributed by atoms with van der Waals surface area (Å²) in [5.74, 6) is 1.35. The van der Waals surface area contributed by atoms with Gasteiger partial charge in [0.1, 0.15) is 0 Å². The second-order valence-corrected chi connectivity index (χ2v) is 7.39. The molecular weight excluding hydrogens is 194 g/mol. The molecule has 1 aliphatic heterocycles. The minimum Gasteiger partial charge on any atom is -0.340 e. The van der Waals surface area contributed by atoms with Crippen LogP contribution in [0.2, 0.25) is 0 Å². The van der Waals surface area contributed by atoms with Crippen LogP contribution in [0.15, 0.2) is 0 Å². The third kappa shape index (κ3) is 2.91. The highest BCUT2D eigenvalue weighted by molar-refractivity contribution is 8.00. The second-order valence-electron chi connectivity index (χ2n) is 5.58. The molecule has 0 saturated carbocycles. The van der Waals surface area contributed by atoms with Crippen LogP contribution in [-0.4, -0.2) is 34.4 Å². The smallest absolute Gasteiger partial charge is 0.228 e. The molecule has 0 radical (unpaired) electrons. The quantitative estimate of drug-likeness (QED) is 0.618. The van der Waals surface area contributed by atoms with E-state index in [0.717, 1.165) is 18.8 Å². The highest BCUT2D eigenvalue weighted by Gasteiger charge is 2.34. The summed E-state index contributed by atoms with van der Waals surface area (Å²) >= 11 is 1.96. The normalized spacial score (nSPS) is 22.2. The predicted octanol–water partition coefficient (Wildman–Crippen LogP) is 2.39. The van der Waals surface area contributed by atoms with Gasteiger partial charge in [0.2, 0.25) is 5.91 Å². The molecule has 0 aromatic carbocycles. The molecule has 0 aliphatic carbocycles. The van der Waals surface area contributed by atoms with Gasteiger partial charge in [-0.15, -0.1) is 0 Å². The summed E-state index contributed by atoms with van der Waals surface area (Å²) in [5.41, 5.74) is -0.238. The molecule has 0 spiro atoms. The first kappa shape index (κ1) is 11.9. The highest BCUT2D eigenvalue weighted by Crippen LogP contribution is 2.31. The zero-order chi connectivity index (χ0) is 11.0. The van der Waals surface area contributed by atoms with Crippen molar-refractivity contribution in [3.05, 3.63) is 0 Å². The van der Waals surface area contributed by atoms with Crippen molar-refractivity contribution in [3.63, 3.8) is 0 Å². The fraction of sp³-hybridized carbons (Fsp3) is 0.909. The maximum atomic E-state index is 12.0. The molecule has 0 bridgehead atoms. The van der Waals surface area contributed by atoms with E-state index in [1.54, 1.807) is 0 Å². The number of amides is 1. The van der Waals surface area contributed by atoms with Crippen LogP contribution in [0.4, 0.5) is 0 Å². The zero-order valence-corrected chi connectivity index (χ0v) is 10.7. The van der Waals surface area contributed by atoms with Gasteiger partial charge in [0.25, 0.3) is 0 Å². The maximum Gasteiger partial charge on any atom is 0.228 e. The fourth-order valence-corrected chi connectivity index (χ4v) is 2.78. The number of carbonyl (C=O) groups excluding carboxylic acids is 1. The first-order chi connectivity index (χ1) is 6.22. The van der Waals surface area contributed by atoms with Gasteiger partial charge < -0.3 is 4.90 Å². The molecule has 1 heterocycles. The van der Waals surface area contributed by atoms with Crippen LogP contribution in [0.25, 0.3) is 0 Å². The third-order valence-electron chi connectivity index (χ3n) is 2.35. The summed E-state index contributed by atoms with van der Waals surface area (Å²) < 4.78 is 0.221. The van der Waals surface area contributed by atoms with Crippen molar-refractivity contribution in [2.75, 3.05) is 18.8 Å². The molecule has 1 fully saturated rings. The van der Waals surface area contributed by atoms with Gasteiger partial charge in [-0.1, -0.05) is 20.8 Å². The summed E-state index contributed by atoms with van der Waals surface area (Å²) in [4.78, 5) is 14.0. The average Bonchev–Trinajstić information content (AvgIpc) is 1.99. The summed E-state index contributed by atoms with van der Waals surface area (Å²) in [6.45, 7) is 12.2. The topological polar surface area (TPSA) is 20.3 Å². The second kappa shape index (κ2) is 3.76. The Bertz CT molecular complexity index is 230. The van der Waals surface area contributed by atoms with Crippen LogP contribution < -0.4 is 0 Å². The van der Waals surface area contributed by atoms with E-state index in [0.29, 0.717) is 0 Å². The van der Waals surface area contributed by atoms with E-state index in [9.17, 15) is 4.79 Å². The molecule has 1 saturated heterocycles. The summed E-state index contributed by atoms with van der Waals surface area (Å²) in [6.07, 6.45) is 0. The van der Waals surface area contributed by atoms with Gasteiger partial charge in [0, 0.05) is 29.0 Å². The molecule has 82 valence electrons. The SMILES string of the molecule is CC1(C)CN(C(=O)C(C)(C)C)CCS1. The first-order valence-electron chi connectivity index (χ1n) is 5.16. The molecular formula is C11H21NOS. The zero-order valence-electron chi connectivity index (χ0n) is 9.89. The van der Waals surface area contributed by atoms with Crippen LogP contribution in [0.5, 0.6) is 0 Å². The predicted molar refractivity (Wildman–Crippen MR) is 62.6 cm³/mol. The van der Waals surface area contributed by atoms with Gasteiger partial charge >= 0.3 is 0 Å². The van der Waals surface area contributed by atoms with E-state index in [2.05, 4.69) is 13.8 Å². The van der Waals surface area contributed by atoms with E-state index in [-0.39, 0.29) is 16.1 Å². The Morgan fingerprint density at radius 1 is 1.36 bits per heavy atom. The molecule has 0 aromatic rings. The largest absolute Gasteiger partial charge is 0.340 e. The Labute approximate surface area is 91.4 Å². The van der Waals surface area contributed by atoms with E-state index in [1.165, 1.54) is 0 Å². The summed E-state index contributed by atoms with van der Waals surface area (Å²) in [6, 6.07) is 0. The lowest BCUT2D eigenvalue weighted by Crippen LogP contribution is -2.49. The number of hydrogen-bond acceptors (Lipinski definition) is 2. The lowest BCUT2D eigenvalue weighted by Gasteiger charge is -2.40. The van der Waals surface area contributed by atoms with E-state index >= 15 is 0 Å². The summed E-state index contributed by atoms with van der Waals surface area (Å²) in [5, 5.41) is 0. The Balaban J connectivity index is 2.66. The van der Waals surface area contributed by atoms with E-state index in [1.807, 2.05) is 37.4 Å². The van der Waals surface area contributed by atoms with Crippen molar-refractivity contribution in [3.8, 4) is 0 Å². The average molecular weight is 215 g/mol. The lowest BCUT2D eigenvalue weighted by atomic mass is 9.94. The molecule has 1 aliphatic rings. The third-order valence-corrected chi connectivity index (χ3v) is 3.65. The van der Waals surface area contributed by atoms with Gasteiger partial charge in [-0.2, -0.15) is 11.8 Å². The lowest BCUT2D eigenvalue weighted by molar-refractivity contribution is -0.139. The van der Waals surface area contributed by atoms with Gasteiger partial charge in [0.05, 0.1) is 0 Å². The molecule has 1 amide bonds. The number of hydrogen-bond donors (Lipinski definition) is 0. The first-order valence-corrected chi connectivity index (χ1v) is 6.14. The standard InChI is InChI=1S/C11H21NOS/c1-10(2,3)9(13)12-6-7-14-11(4,5)8-12/h6-8H2,1-5H3. The van der Waals surface area contributed by atoms with Crippen molar-refractivity contribution in [2.24, 2.45) is 5.41 Å². The van der Waals surface area contributed by atoms with E-state index < -0.39 is 0 Å². The molecule has 3 heteroatoms. The summed E-state index contributed by atoms with van der Waals surface area (Å²) in [7, 11) is 0. The number of carbonyl (C=O) groups is 1. The van der Waals surface area contributed by atoms with Gasteiger partial charge in [-0.25, -0.2) is 0 Å². The van der Waals surface area contributed by atoms with Crippen LogP contribution in [0.3, 0.4) is 0 Å². The number of nitrogens with zero attached hydrogens (tertiary/aromatic N) is 1. The van der Waals surface area contributed by atoms with E-state index in [4.69, 9.17) is 0 Å². The van der Waals surface area contributed by atoms with Gasteiger partial charge in [-0.05, 0) is 13.8 Å². The Kier molecular flexibility index (Phi) is 3.20. The molecule has 1 rings (SSSR count). The molecule has 2 nitrogen and oxygen atoms in total. The van der Waals surface area contributed by atoms with Crippen LogP contribution in [-0.2, 0) is 4.79 Å². The van der Waals surface area contributed by atoms with Crippen LogP contribution >= 0.6 is 11.8 Å². The fourth-order valence-electron chi connectivity index (χ4n) is 1.66. The number of thioether (sulfide) groups is 1. The molecule has 0 unspecified atom stereocenters. The Morgan fingerprint density at radius 3 is 2.36 bits per heavy atom. The highest BCUT2D eigenvalue weighted by atomic mass is 32.2. The van der Waals surface area contributed by atoms with Crippen molar-refractivity contribution in [1.29, 1.82) is 0 Å². The van der Waals surface area contributed by atoms with Crippen molar-refractivity contribution < 1.29 is 4.79 Å². The maximum absolute atomic E-state index is 12.0. The molecule has 0 N–H and O–H groups in total. The monoisotopic (exact) mass is 215 g/mol. The van der Waals surface area contributed by atoms with Gasteiger partial charge in [-0.3, -0.25) is 4.79 Å². The number of rotatable bonds is 0. The van der Waals surface area contributed by atoms with Crippen LogP contribution in [0.1, 0.15) is 34.6 Å². The van der Waals surface area contributed by atoms with Crippen LogP contribution in [0, 0.1) is 5.41 Å². The minimum absolute atomic E-state index is 0.221. The van der Waals surface area contributed by atoms with Gasteiger partial charge in [0.15, 0.2) is 0 Å². The molecule has 0 atom stereocenters. The van der Waals surface area contributed by atoms with Crippen molar-refractivity contribution in [2.45, 2.75) is 39.4 Å².